The number of anilines is 1. The molecule has 0 unspecified atom stereocenters. The number of para-hydroxylation sites is 1. The fraction of sp³-hybridized carbons (Fsp3) is 0.208. The van der Waals surface area contributed by atoms with Crippen LogP contribution in [0.25, 0.3) is 0 Å². The van der Waals surface area contributed by atoms with Crippen molar-refractivity contribution < 1.29 is 9.53 Å². The monoisotopic (exact) mass is 411 g/mol. The van der Waals surface area contributed by atoms with E-state index in [-0.39, 0.29) is 23.2 Å². The molecule has 7 nitrogen and oxygen atoms in total. The third kappa shape index (κ3) is 2.51. The zero-order chi connectivity index (χ0) is 21.6. The maximum atomic E-state index is 14.3. The second-order valence-electron chi connectivity index (χ2n) is 7.73. The fourth-order valence-corrected chi connectivity index (χ4v) is 4.71. The number of ether oxygens (including phenoxy) is 1. The topological polar surface area (TPSA) is 108 Å². The first-order valence-electron chi connectivity index (χ1n) is 10.2. The quantitative estimate of drug-likeness (QED) is 0.685. The molecule has 2 aliphatic rings. The van der Waals surface area contributed by atoms with Crippen molar-refractivity contribution in [2.45, 2.75) is 31.7 Å². The Morgan fingerprint density at radius 3 is 2.68 bits per heavy atom. The van der Waals surface area contributed by atoms with Gasteiger partial charge in [-0.2, -0.15) is 5.26 Å². The second kappa shape index (κ2) is 7.03. The molecule has 0 saturated heterocycles. The van der Waals surface area contributed by atoms with E-state index in [1.54, 1.807) is 4.90 Å². The van der Waals surface area contributed by atoms with E-state index in [4.69, 9.17) is 10.5 Å². The van der Waals surface area contributed by atoms with Gasteiger partial charge in [-0.1, -0.05) is 61.9 Å². The Bertz CT molecular complexity index is 1250. The average Bonchev–Trinajstić information content (AvgIpc) is 3.28. The number of hydrogen-bond acceptors (Lipinski definition) is 5. The maximum absolute atomic E-state index is 14.3. The summed E-state index contributed by atoms with van der Waals surface area (Å²) >= 11 is 0. The highest BCUT2D eigenvalue weighted by atomic mass is 16.5. The lowest BCUT2D eigenvalue weighted by molar-refractivity contribution is -0.121. The van der Waals surface area contributed by atoms with Crippen LogP contribution in [0.5, 0.6) is 5.88 Å². The highest BCUT2D eigenvalue weighted by Crippen LogP contribution is 2.56. The number of nitriles is 1. The van der Waals surface area contributed by atoms with Gasteiger partial charge in [0.05, 0.1) is 12.1 Å². The van der Waals surface area contributed by atoms with E-state index in [2.05, 4.69) is 16.3 Å². The van der Waals surface area contributed by atoms with Gasteiger partial charge >= 0.3 is 0 Å². The molecule has 0 radical (unpaired) electrons. The SMILES string of the molecule is CCCc1[nH]nc2c1[C@@]1(C(=O)N(Cc3ccccc3)c3ccccc31)C(C#N)=C(N)O2. The van der Waals surface area contributed by atoms with Crippen LogP contribution in [0, 0.1) is 11.3 Å². The van der Waals surface area contributed by atoms with Crippen LogP contribution in [0.2, 0.25) is 0 Å². The van der Waals surface area contributed by atoms with Crippen LogP contribution >= 0.6 is 0 Å². The van der Waals surface area contributed by atoms with Crippen molar-refractivity contribution in [1.82, 2.24) is 10.2 Å². The van der Waals surface area contributed by atoms with Crippen LogP contribution in [0.15, 0.2) is 66.1 Å². The number of nitrogens with zero attached hydrogens (tertiary/aromatic N) is 3. The van der Waals surface area contributed by atoms with E-state index in [0.29, 0.717) is 18.5 Å². The molecule has 3 heterocycles. The van der Waals surface area contributed by atoms with Gasteiger partial charge in [0.25, 0.3) is 0 Å². The number of aromatic nitrogens is 2. The van der Waals surface area contributed by atoms with Crippen molar-refractivity contribution in [2.24, 2.45) is 5.73 Å². The summed E-state index contributed by atoms with van der Waals surface area (Å²) in [6, 6.07) is 19.5. The highest BCUT2D eigenvalue weighted by Gasteiger charge is 2.60. The van der Waals surface area contributed by atoms with Crippen LogP contribution in [-0.2, 0) is 23.2 Å². The molecular weight excluding hydrogens is 390 g/mol. The number of nitrogens with one attached hydrogen (secondary N) is 1. The Labute approximate surface area is 179 Å². The van der Waals surface area contributed by atoms with E-state index in [0.717, 1.165) is 28.9 Å². The minimum Gasteiger partial charge on any atom is -0.420 e. The lowest BCUT2D eigenvalue weighted by Gasteiger charge is -2.32. The summed E-state index contributed by atoms with van der Waals surface area (Å²) in [4.78, 5) is 16.0. The van der Waals surface area contributed by atoms with Crippen LogP contribution in [0.1, 0.15) is 35.7 Å². The molecule has 3 aromatic rings. The Kier molecular flexibility index (Phi) is 4.29. The zero-order valence-electron chi connectivity index (χ0n) is 17.1. The molecule has 0 bridgehead atoms. The number of rotatable bonds is 4. The number of aryl methyl sites for hydroxylation is 1. The number of amides is 1. The molecule has 2 aromatic carbocycles. The van der Waals surface area contributed by atoms with Gasteiger partial charge in [-0.3, -0.25) is 9.89 Å². The van der Waals surface area contributed by atoms with Crippen LogP contribution in [-0.4, -0.2) is 16.1 Å². The number of H-pyrrole nitrogens is 1. The predicted octanol–water partition coefficient (Wildman–Crippen LogP) is 3.28. The molecule has 0 fully saturated rings. The molecule has 154 valence electrons. The molecule has 5 rings (SSSR count). The van der Waals surface area contributed by atoms with Gasteiger partial charge in [0.15, 0.2) is 0 Å². The number of benzene rings is 2. The molecule has 3 N–H and O–H groups in total. The van der Waals surface area contributed by atoms with Crippen LogP contribution in [0.3, 0.4) is 0 Å². The molecule has 1 spiro atoms. The highest BCUT2D eigenvalue weighted by molar-refractivity contribution is 6.14. The molecule has 2 aliphatic heterocycles. The number of fused-ring (bicyclic) bond motifs is 4. The minimum absolute atomic E-state index is 0.0886. The average molecular weight is 411 g/mol. The number of carbonyl (C=O) groups excluding carboxylic acids is 1. The number of carbonyl (C=O) groups is 1. The van der Waals surface area contributed by atoms with Crippen molar-refractivity contribution in [3.63, 3.8) is 0 Å². The first-order chi connectivity index (χ1) is 15.1. The largest absolute Gasteiger partial charge is 0.420 e. The lowest BCUT2D eigenvalue weighted by atomic mass is 9.68. The van der Waals surface area contributed by atoms with Gasteiger partial charge in [-0.25, -0.2) is 0 Å². The van der Waals surface area contributed by atoms with E-state index in [1.807, 2.05) is 61.5 Å². The van der Waals surface area contributed by atoms with Gasteiger partial charge in [0.1, 0.15) is 17.1 Å². The summed E-state index contributed by atoms with van der Waals surface area (Å²) < 4.78 is 5.69. The Morgan fingerprint density at radius 2 is 1.94 bits per heavy atom. The summed E-state index contributed by atoms with van der Waals surface area (Å²) in [7, 11) is 0. The summed E-state index contributed by atoms with van der Waals surface area (Å²) in [5, 5.41) is 17.4. The van der Waals surface area contributed by atoms with Gasteiger partial charge in [0.2, 0.25) is 17.7 Å². The Hall–Kier alpha value is -4.05. The van der Waals surface area contributed by atoms with Crippen molar-refractivity contribution in [3.8, 4) is 11.9 Å². The van der Waals surface area contributed by atoms with Gasteiger partial charge < -0.3 is 15.4 Å². The third-order valence-electron chi connectivity index (χ3n) is 5.97. The summed E-state index contributed by atoms with van der Waals surface area (Å²) in [6.45, 7) is 2.43. The van der Waals surface area contributed by atoms with Crippen LogP contribution in [0.4, 0.5) is 5.69 Å². The van der Waals surface area contributed by atoms with Crippen molar-refractivity contribution in [1.29, 1.82) is 5.26 Å². The van der Waals surface area contributed by atoms with Gasteiger partial charge in [0, 0.05) is 16.9 Å². The normalized spacial score (nSPS) is 19.2. The van der Waals surface area contributed by atoms with Gasteiger partial charge in [-0.15, -0.1) is 5.10 Å². The smallest absolute Gasteiger partial charge is 0.248 e. The molecule has 7 heteroatoms. The fourth-order valence-electron chi connectivity index (χ4n) is 4.71. The van der Waals surface area contributed by atoms with E-state index >= 15 is 0 Å². The van der Waals surface area contributed by atoms with E-state index in [9.17, 15) is 10.1 Å². The summed E-state index contributed by atoms with van der Waals surface area (Å²) in [5.74, 6) is -0.0562. The molecule has 1 aromatic heterocycles. The molecule has 0 saturated carbocycles. The van der Waals surface area contributed by atoms with E-state index in [1.165, 1.54) is 0 Å². The first kappa shape index (κ1) is 18.9. The minimum atomic E-state index is -1.38. The first-order valence-corrected chi connectivity index (χ1v) is 10.2. The molecule has 31 heavy (non-hydrogen) atoms. The second-order valence-corrected chi connectivity index (χ2v) is 7.73. The number of nitrogens with two attached hydrogens (primary N) is 1. The summed E-state index contributed by atoms with van der Waals surface area (Å²) in [5.41, 5.74) is 8.74. The molecule has 0 aliphatic carbocycles. The van der Waals surface area contributed by atoms with Crippen molar-refractivity contribution in [3.05, 3.63) is 88.4 Å². The zero-order valence-corrected chi connectivity index (χ0v) is 17.1. The molecular formula is C24H21N5O2. The Balaban J connectivity index is 1.79. The standard InChI is InChI=1S/C24H21N5O2/c1-2-8-18-20-22(28-27-18)31-21(26)17(13-25)24(20)16-11-6-7-12-19(16)29(23(24)30)14-15-9-4-3-5-10-15/h3-7,9-12H,2,8,14,26H2,1H3,(H,27,28)/t24-/m0/s1. The maximum Gasteiger partial charge on any atom is 0.248 e. The summed E-state index contributed by atoms with van der Waals surface area (Å²) in [6.07, 6.45) is 1.51. The third-order valence-corrected chi connectivity index (χ3v) is 5.97. The Morgan fingerprint density at radius 1 is 1.19 bits per heavy atom. The lowest BCUT2D eigenvalue weighted by Crippen LogP contribution is -2.46. The molecule has 1 amide bonds. The molecule has 1 atom stereocenters. The van der Waals surface area contributed by atoms with Crippen molar-refractivity contribution in [2.75, 3.05) is 4.90 Å². The van der Waals surface area contributed by atoms with E-state index < -0.39 is 5.41 Å². The predicted molar refractivity (Wildman–Crippen MR) is 115 cm³/mol. The van der Waals surface area contributed by atoms with Gasteiger partial charge in [-0.05, 0) is 18.1 Å². The number of aromatic amines is 1. The van der Waals surface area contributed by atoms with Crippen LogP contribution < -0.4 is 15.4 Å². The number of hydrogen-bond donors (Lipinski definition) is 2. The van der Waals surface area contributed by atoms with Crippen molar-refractivity contribution >= 4 is 11.6 Å².